The molecule has 0 aromatic carbocycles. The monoisotopic (exact) mass is 249 g/mol. The molecule has 0 radical (unpaired) electrons. The fourth-order valence-electron chi connectivity index (χ4n) is 1.72. The van der Waals surface area contributed by atoms with Crippen molar-refractivity contribution in [3.63, 3.8) is 0 Å². The summed E-state index contributed by atoms with van der Waals surface area (Å²) in [4.78, 5) is 15.5. The number of pyridine rings is 1. The van der Waals surface area contributed by atoms with Crippen LogP contribution < -0.4 is 4.74 Å². The largest absolute Gasteiger partial charge is 0.466 e. The molecular formula is C14H19NO3. The molecule has 0 spiro atoms. The van der Waals surface area contributed by atoms with Gasteiger partial charge in [-0.15, -0.1) is 0 Å². The number of hydrogen-bond acceptors (Lipinski definition) is 4. The van der Waals surface area contributed by atoms with Crippen LogP contribution in [0.1, 0.15) is 43.7 Å². The smallest absolute Gasteiger partial charge is 0.225 e. The second-order valence-electron chi connectivity index (χ2n) is 6.00. The molecule has 18 heavy (non-hydrogen) atoms. The Morgan fingerprint density at radius 3 is 2.50 bits per heavy atom. The number of carbonyl (C=O) groups excluding carboxylic acids is 1. The third kappa shape index (κ3) is 2.53. The summed E-state index contributed by atoms with van der Waals surface area (Å²) in [6, 6.07) is 3.63. The minimum atomic E-state index is -0.360. The molecular weight excluding hydrogens is 230 g/mol. The van der Waals surface area contributed by atoms with Crippen LogP contribution >= 0.6 is 0 Å². The first-order valence-electron chi connectivity index (χ1n) is 6.07. The molecule has 0 atom stereocenters. The lowest BCUT2D eigenvalue weighted by molar-refractivity contribution is -0.151. The van der Waals surface area contributed by atoms with Crippen molar-refractivity contribution < 1.29 is 14.3 Å². The predicted octanol–water partition coefficient (Wildman–Crippen LogP) is 2.36. The van der Waals surface area contributed by atoms with Gasteiger partial charge in [0, 0.05) is 11.1 Å². The highest BCUT2D eigenvalue weighted by molar-refractivity contribution is 5.78. The van der Waals surface area contributed by atoms with E-state index in [1.54, 1.807) is 6.07 Å². The van der Waals surface area contributed by atoms with Gasteiger partial charge >= 0.3 is 0 Å². The Morgan fingerprint density at radius 2 is 2.06 bits per heavy atom. The quantitative estimate of drug-likeness (QED) is 0.772. The number of hydrogen-bond donors (Lipinski definition) is 0. The molecule has 1 saturated heterocycles. The van der Waals surface area contributed by atoms with Gasteiger partial charge in [-0.25, -0.2) is 4.98 Å². The van der Waals surface area contributed by atoms with E-state index in [0.29, 0.717) is 24.7 Å². The van der Waals surface area contributed by atoms with E-state index < -0.39 is 0 Å². The average molecular weight is 249 g/mol. The third-order valence-electron chi connectivity index (χ3n) is 2.94. The SMILES string of the molecule is CC1(Oc2nc(C(C)(C)C)ccc2C=O)COC1. The number of carbonyl (C=O) groups is 1. The summed E-state index contributed by atoms with van der Waals surface area (Å²) in [5.41, 5.74) is 0.959. The van der Waals surface area contributed by atoms with Crippen molar-refractivity contribution in [1.29, 1.82) is 0 Å². The Kier molecular flexibility index (Phi) is 3.15. The summed E-state index contributed by atoms with van der Waals surface area (Å²) in [6.07, 6.45) is 0.775. The molecule has 1 aliphatic heterocycles. The van der Waals surface area contributed by atoms with Crippen molar-refractivity contribution in [3.8, 4) is 5.88 Å². The van der Waals surface area contributed by atoms with Gasteiger partial charge in [0.2, 0.25) is 5.88 Å². The normalized spacial score (nSPS) is 18.0. The zero-order chi connectivity index (χ0) is 13.4. The van der Waals surface area contributed by atoms with Crippen LogP contribution in [0.15, 0.2) is 12.1 Å². The summed E-state index contributed by atoms with van der Waals surface area (Å²) in [6.45, 7) is 9.26. The maximum Gasteiger partial charge on any atom is 0.225 e. The van der Waals surface area contributed by atoms with Crippen molar-refractivity contribution in [2.45, 2.75) is 38.7 Å². The highest BCUT2D eigenvalue weighted by Gasteiger charge is 2.37. The van der Waals surface area contributed by atoms with Crippen LogP contribution in [0, 0.1) is 0 Å². The molecule has 4 heteroatoms. The Balaban J connectivity index is 2.33. The lowest BCUT2D eigenvalue weighted by atomic mass is 9.91. The van der Waals surface area contributed by atoms with E-state index in [2.05, 4.69) is 25.8 Å². The zero-order valence-electron chi connectivity index (χ0n) is 11.3. The summed E-state index contributed by atoms with van der Waals surface area (Å²) in [7, 11) is 0. The molecule has 0 bridgehead atoms. The van der Waals surface area contributed by atoms with Gasteiger partial charge in [0.1, 0.15) is 0 Å². The maximum absolute atomic E-state index is 11.0. The minimum Gasteiger partial charge on any atom is -0.466 e. The molecule has 4 nitrogen and oxygen atoms in total. The standard InChI is InChI=1S/C14H19NO3/c1-13(2,3)11-6-5-10(7-16)12(15-11)18-14(4)8-17-9-14/h5-7H,8-9H2,1-4H3. The van der Waals surface area contributed by atoms with Crippen LogP contribution in [0.5, 0.6) is 5.88 Å². The van der Waals surface area contributed by atoms with Gasteiger partial charge in [-0.1, -0.05) is 20.8 Å². The maximum atomic E-state index is 11.0. The van der Waals surface area contributed by atoms with Gasteiger partial charge in [0.15, 0.2) is 11.9 Å². The van der Waals surface area contributed by atoms with Crippen LogP contribution in [0.2, 0.25) is 0 Å². The number of aldehydes is 1. The fourth-order valence-corrected chi connectivity index (χ4v) is 1.72. The molecule has 1 aliphatic rings. The van der Waals surface area contributed by atoms with E-state index in [9.17, 15) is 4.79 Å². The Hall–Kier alpha value is -1.42. The Labute approximate surface area is 107 Å². The minimum absolute atomic E-state index is 0.0729. The summed E-state index contributed by atoms with van der Waals surface area (Å²) in [5, 5.41) is 0. The van der Waals surface area contributed by atoms with Gasteiger partial charge in [-0.05, 0) is 19.1 Å². The molecule has 2 heterocycles. The molecule has 0 saturated carbocycles. The van der Waals surface area contributed by atoms with Crippen LogP contribution in [-0.4, -0.2) is 30.1 Å². The van der Waals surface area contributed by atoms with Crippen LogP contribution in [-0.2, 0) is 10.2 Å². The first-order chi connectivity index (χ1) is 8.34. The highest BCUT2D eigenvalue weighted by atomic mass is 16.6. The van der Waals surface area contributed by atoms with Gasteiger partial charge < -0.3 is 9.47 Å². The summed E-state index contributed by atoms with van der Waals surface area (Å²) < 4.78 is 11.0. The Morgan fingerprint density at radius 1 is 1.39 bits per heavy atom. The van der Waals surface area contributed by atoms with Crippen LogP contribution in [0.4, 0.5) is 0 Å². The molecule has 1 aromatic rings. The summed E-state index contributed by atoms with van der Waals surface area (Å²) in [5.74, 6) is 0.406. The van der Waals surface area contributed by atoms with E-state index in [-0.39, 0.29) is 11.0 Å². The van der Waals surface area contributed by atoms with Crippen molar-refractivity contribution in [3.05, 3.63) is 23.4 Å². The lowest BCUT2D eigenvalue weighted by Crippen LogP contribution is -2.52. The van der Waals surface area contributed by atoms with E-state index in [1.165, 1.54) is 0 Å². The zero-order valence-corrected chi connectivity index (χ0v) is 11.3. The van der Waals surface area contributed by atoms with Gasteiger partial charge in [-0.3, -0.25) is 4.79 Å². The van der Waals surface area contributed by atoms with E-state index >= 15 is 0 Å². The first kappa shape index (κ1) is 13.0. The second-order valence-corrected chi connectivity index (χ2v) is 6.00. The van der Waals surface area contributed by atoms with E-state index in [0.717, 1.165) is 12.0 Å². The summed E-state index contributed by atoms with van der Waals surface area (Å²) >= 11 is 0. The number of ether oxygens (including phenoxy) is 2. The average Bonchev–Trinajstić information content (AvgIpc) is 2.25. The van der Waals surface area contributed by atoms with E-state index in [4.69, 9.17) is 9.47 Å². The van der Waals surface area contributed by atoms with Crippen molar-refractivity contribution >= 4 is 6.29 Å². The lowest BCUT2D eigenvalue weighted by Gasteiger charge is -2.38. The van der Waals surface area contributed by atoms with E-state index in [1.807, 2.05) is 13.0 Å². The molecule has 2 rings (SSSR count). The molecule has 1 fully saturated rings. The van der Waals surface area contributed by atoms with Gasteiger partial charge in [-0.2, -0.15) is 0 Å². The fraction of sp³-hybridized carbons (Fsp3) is 0.571. The second kappa shape index (κ2) is 4.35. The highest BCUT2D eigenvalue weighted by Crippen LogP contribution is 2.29. The number of aromatic nitrogens is 1. The molecule has 1 aromatic heterocycles. The molecule has 98 valence electrons. The van der Waals surface area contributed by atoms with Gasteiger partial charge in [0.05, 0.1) is 18.8 Å². The molecule has 0 amide bonds. The molecule has 0 aliphatic carbocycles. The topological polar surface area (TPSA) is 48.4 Å². The van der Waals surface area contributed by atoms with Crippen molar-refractivity contribution in [1.82, 2.24) is 4.98 Å². The van der Waals surface area contributed by atoms with Crippen LogP contribution in [0.25, 0.3) is 0 Å². The Bertz CT molecular complexity index is 459. The number of nitrogens with zero attached hydrogens (tertiary/aromatic N) is 1. The van der Waals surface area contributed by atoms with Gasteiger partial charge in [0.25, 0.3) is 0 Å². The van der Waals surface area contributed by atoms with Crippen molar-refractivity contribution in [2.24, 2.45) is 0 Å². The predicted molar refractivity (Wildman–Crippen MR) is 68.2 cm³/mol. The van der Waals surface area contributed by atoms with Crippen molar-refractivity contribution in [2.75, 3.05) is 13.2 Å². The van der Waals surface area contributed by atoms with Crippen LogP contribution in [0.3, 0.4) is 0 Å². The number of rotatable bonds is 3. The first-order valence-corrected chi connectivity index (χ1v) is 6.07. The molecule has 0 unspecified atom stereocenters. The third-order valence-corrected chi connectivity index (χ3v) is 2.94. The molecule has 0 N–H and O–H groups in total.